The number of aromatic nitrogens is 2. The molecule has 1 aromatic heterocycles. The van der Waals surface area contributed by atoms with Crippen molar-refractivity contribution in [3.63, 3.8) is 0 Å². The summed E-state index contributed by atoms with van der Waals surface area (Å²) in [4.78, 5) is 11.7. The molecule has 0 amide bonds. The molecule has 11 heavy (non-hydrogen) atoms. The molecule has 0 atom stereocenters. The van der Waals surface area contributed by atoms with E-state index in [0.717, 1.165) is 5.69 Å². The summed E-state index contributed by atoms with van der Waals surface area (Å²) in [7, 11) is 0. The highest BCUT2D eigenvalue weighted by Crippen LogP contribution is 2.11. The molecule has 1 aromatic rings. The van der Waals surface area contributed by atoms with Crippen molar-refractivity contribution in [2.45, 2.75) is 6.92 Å². The van der Waals surface area contributed by atoms with Gasteiger partial charge in [-0.2, -0.15) is 0 Å². The Morgan fingerprint density at radius 2 is 2.18 bits per heavy atom. The lowest BCUT2D eigenvalue weighted by molar-refractivity contribution is 1.16. The molecule has 0 saturated heterocycles. The van der Waals surface area contributed by atoms with Crippen molar-refractivity contribution in [2.24, 2.45) is 4.99 Å². The van der Waals surface area contributed by atoms with Crippen LogP contribution in [-0.4, -0.2) is 16.7 Å². The zero-order chi connectivity index (χ0) is 8.10. The van der Waals surface area contributed by atoms with Crippen LogP contribution in [0.3, 0.4) is 0 Å². The molecule has 0 aliphatic carbocycles. The maximum Gasteiger partial charge on any atom is 0.177 e. The van der Waals surface area contributed by atoms with E-state index in [9.17, 15) is 0 Å². The third kappa shape index (κ3) is 1.70. The molecule has 0 bridgehead atoms. The van der Waals surface area contributed by atoms with Crippen molar-refractivity contribution in [3.05, 3.63) is 24.2 Å². The molecular formula is C8H9N3. The molecule has 0 aromatic carbocycles. The van der Waals surface area contributed by atoms with Crippen LogP contribution in [0.5, 0.6) is 0 Å². The van der Waals surface area contributed by atoms with Gasteiger partial charge in [0.25, 0.3) is 0 Å². The first kappa shape index (κ1) is 7.60. The predicted octanol–water partition coefficient (Wildman–Crippen LogP) is 1.84. The van der Waals surface area contributed by atoms with Gasteiger partial charge in [0.15, 0.2) is 5.82 Å². The minimum Gasteiger partial charge on any atom is -0.251 e. The van der Waals surface area contributed by atoms with Crippen LogP contribution in [0.25, 0.3) is 6.08 Å². The maximum atomic E-state index is 4.06. The highest BCUT2D eigenvalue weighted by Gasteiger charge is 1.95. The van der Waals surface area contributed by atoms with E-state index in [4.69, 9.17) is 0 Å². The molecule has 0 spiro atoms. The van der Waals surface area contributed by atoms with Crippen molar-refractivity contribution >= 4 is 18.6 Å². The molecule has 3 nitrogen and oxygen atoms in total. The number of hydrogen-bond acceptors (Lipinski definition) is 3. The van der Waals surface area contributed by atoms with E-state index < -0.39 is 0 Å². The molecular weight excluding hydrogens is 138 g/mol. The quantitative estimate of drug-likeness (QED) is 0.598. The average molecular weight is 147 g/mol. The van der Waals surface area contributed by atoms with Gasteiger partial charge in [-0.25, -0.2) is 9.98 Å². The molecule has 0 aliphatic rings. The molecule has 0 unspecified atom stereocenters. The molecule has 0 aliphatic heterocycles. The van der Waals surface area contributed by atoms with Gasteiger partial charge in [-0.15, -0.1) is 0 Å². The summed E-state index contributed by atoms with van der Waals surface area (Å²) >= 11 is 0. The summed E-state index contributed by atoms with van der Waals surface area (Å²) in [6.45, 7) is 5.31. The van der Waals surface area contributed by atoms with Crippen molar-refractivity contribution in [1.29, 1.82) is 0 Å². The molecule has 56 valence electrons. The third-order valence-corrected chi connectivity index (χ3v) is 1.18. The second-order valence-electron chi connectivity index (χ2n) is 1.92. The first-order valence-corrected chi connectivity index (χ1v) is 3.29. The Labute approximate surface area is 65.5 Å². The highest BCUT2D eigenvalue weighted by atomic mass is 14.9. The Morgan fingerprint density at radius 3 is 2.82 bits per heavy atom. The van der Waals surface area contributed by atoms with Gasteiger partial charge in [-0.3, -0.25) is 4.98 Å². The van der Waals surface area contributed by atoms with E-state index >= 15 is 0 Å². The Morgan fingerprint density at radius 1 is 1.45 bits per heavy atom. The van der Waals surface area contributed by atoms with Gasteiger partial charge in [0.05, 0.1) is 0 Å². The topological polar surface area (TPSA) is 38.1 Å². The number of allylic oxidation sites excluding steroid dienone is 1. The Hall–Kier alpha value is -1.51. The van der Waals surface area contributed by atoms with Crippen LogP contribution < -0.4 is 0 Å². The van der Waals surface area contributed by atoms with Gasteiger partial charge >= 0.3 is 0 Å². The number of hydrogen-bond donors (Lipinski definition) is 0. The molecule has 0 N–H and O–H groups in total. The van der Waals surface area contributed by atoms with Crippen molar-refractivity contribution < 1.29 is 0 Å². The van der Waals surface area contributed by atoms with Crippen LogP contribution >= 0.6 is 0 Å². The van der Waals surface area contributed by atoms with Crippen LogP contribution in [0.2, 0.25) is 0 Å². The summed E-state index contributed by atoms with van der Waals surface area (Å²) < 4.78 is 0. The minimum absolute atomic E-state index is 0.575. The number of aliphatic imine (C=N–C) groups is 1. The summed E-state index contributed by atoms with van der Waals surface area (Å²) in [5.74, 6) is 0.575. The summed E-state index contributed by atoms with van der Waals surface area (Å²) in [5.41, 5.74) is 0.755. The molecule has 1 heterocycles. The fourth-order valence-corrected chi connectivity index (χ4v) is 0.739. The van der Waals surface area contributed by atoms with Gasteiger partial charge in [-0.05, 0) is 19.7 Å². The van der Waals surface area contributed by atoms with E-state index in [2.05, 4.69) is 21.7 Å². The normalized spacial score (nSPS) is 10.3. The van der Waals surface area contributed by atoms with E-state index in [1.807, 2.05) is 19.1 Å². The van der Waals surface area contributed by atoms with Gasteiger partial charge in [-0.1, -0.05) is 6.08 Å². The van der Waals surface area contributed by atoms with Crippen LogP contribution in [0.4, 0.5) is 5.82 Å². The lowest BCUT2D eigenvalue weighted by Gasteiger charge is -1.94. The van der Waals surface area contributed by atoms with Gasteiger partial charge in [0.1, 0.15) is 5.69 Å². The van der Waals surface area contributed by atoms with E-state index in [0.29, 0.717) is 5.82 Å². The first-order valence-electron chi connectivity index (χ1n) is 3.29. The summed E-state index contributed by atoms with van der Waals surface area (Å²) in [6, 6.07) is 0. The first-order chi connectivity index (χ1) is 5.38. The molecule has 0 radical (unpaired) electrons. The Kier molecular flexibility index (Phi) is 2.49. The van der Waals surface area contributed by atoms with E-state index in [1.54, 1.807) is 12.4 Å². The standard InChI is InChI=1S/C8H9N3/c1-3-4-7-8(9-2)11-6-5-10-7/h3-6H,2H2,1H3/b4-3-. The Balaban J connectivity index is 3.11. The number of rotatable bonds is 2. The maximum absolute atomic E-state index is 4.06. The van der Waals surface area contributed by atoms with Crippen molar-refractivity contribution in [2.75, 3.05) is 0 Å². The monoisotopic (exact) mass is 147 g/mol. The molecule has 1 rings (SSSR count). The number of nitrogens with zero attached hydrogens (tertiary/aromatic N) is 3. The minimum atomic E-state index is 0.575. The smallest absolute Gasteiger partial charge is 0.177 e. The second-order valence-corrected chi connectivity index (χ2v) is 1.92. The second kappa shape index (κ2) is 3.61. The van der Waals surface area contributed by atoms with Crippen LogP contribution in [0.1, 0.15) is 12.6 Å². The highest BCUT2D eigenvalue weighted by molar-refractivity contribution is 5.57. The third-order valence-electron chi connectivity index (χ3n) is 1.18. The fourth-order valence-electron chi connectivity index (χ4n) is 0.739. The van der Waals surface area contributed by atoms with Crippen LogP contribution in [0.15, 0.2) is 23.5 Å². The zero-order valence-corrected chi connectivity index (χ0v) is 6.36. The zero-order valence-electron chi connectivity index (χ0n) is 6.36. The molecule has 0 fully saturated rings. The lowest BCUT2D eigenvalue weighted by Crippen LogP contribution is -1.83. The van der Waals surface area contributed by atoms with Crippen molar-refractivity contribution in [3.8, 4) is 0 Å². The summed E-state index contributed by atoms with van der Waals surface area (Å²) in [6.07, 6.45) is 6.96. The predicted molar refractivity (Wildman–Crippen MR) is 45.9 cm³/mol. The molecule has 0 saturated carbocycles. The van der Waals surface area contributed by atoms with E-state index in [-0.39, 0.29) is 0 Å². The van der Waals surface area contributed by atoms with Crippen LogP contribution in [0, 0.1) is 0 Å². The SMILES string of the molecule is C=Nc1nccnc1/C=C\C. The van der Waals surface area contributed by atoms with Gasteiger partial charge < -0.3 is 0 Å². The van der Waals surface area contributed by atoms with Crippen molar-refractivity contribution in [1.82, 2.24) is 9.97 Å². The summed E-state index contributed by atoms with van der Waals surface area (Å²) in [5, 5.41) is 0. The lowest BCUT2D eigenvalue weighted by atomic mass is 10.4. The van der Waals surface area contributed by atoms with Crippen LogP contribution in [-0.2, 0) is 0 Å². The largest absolute Gasteiger partial charge is 0.251 e. The molecule has 3 heteroatoms. The Bertz CT molecular complexity index is 278. The van der Waals surface area contributed by atoms with E-state index in [1.165, 1.54) is 0 Å². The average Bonchev–Trinajstić information content (AvgIpc) is 2.06. The van der Waals surface area contributed by atoms with Gasteiger partial charge in [0, 0.05) is 12.4 Å². The van der Waals surface area contributed by atoms with Gasteiger partial charge in [0.2, 0.25) is 0 Å². The fraction of sp³-hybridized carbons (Fsp3) is 0.125.